The number of hydrogen-bond acceptors (Lipinski definition) is 3. The minimum absolute atomic E-state index is 0.0628. The lowest BCUT2D eigenvalue weighted by molar-refractivity contribution is 0.150. The van der Waals surface area contributed by atoms with Crippen LogP contribution in [0.15, 0.2) is 30.5 Å². The normalized spacial score (nSPS) is 13.9. The van der Waals surface area contributed by atoms with Crippen molar-refractivity contribution in [1.82, 2.24) is 4.98 Å². The average molecular weight is 354 g/mol. The molecule has 0 amide bonds. The van der Waals surface area contributed by atoms with Gasteiger partial charge in [-0.2, -0.15) is 0 Å². The van der Waals surface area contributed by atoms with Crippen molar-refractivity contribution in [2.75, 3.05) is 0 Å². The quantitative estimate of drug-likeness (QED) is 0.790. The van der Waals surface area contributed by atoms with Gasteiger partial charge in [0.15, 0.2) is 0 Å². The van der Waals surface area contributed by atoms with E-state index in [1.807, 2.05) is 39.8 Å². The Bertz CT molecular complexity index is 689. The number of benzene rings is 1. The molecule has 3 nitrogen and oxygen atoms in total. The minimum atomic E-state index is -0.687. The van der Waals surface area contributed by atoms with E-state index in [0.717, 1.165) is 16.7 Å². The van der Waals surface area contributed by atoms with Gasteiger partial charge in [0, 0.05) is 23.7 Å². The van der Waals surface area contributed by atoms with Crippen LogP contribution in [0.4, 0.5) is 0 Å². The second-order valence-electron chi connectivity index (χ2n) is 5.95. The lowest BCUT2D eigenvalue weighted by Crippen LogP contribution is -2.11. The van der Waals surface area contributed by atoms with E-state index in [0.29, 0.717) is 15.9 Å². The summed E-state index contributed by atoms with van der Waals surface area (Å²) >= 11 is 12.0. The first-order valence-corrected chi connectivity index (χ1v) is 8.31. The lowest BCUT2D eigenvalue weighted by atomic mass is 9.90. The first-order chi connectivity index (χ1) is 10.8. The molecule has 2 aromatic rings. The third-order valence-electron chi connectivity index (χ3n) is 3.74. The highest BCUT2D eigenvalue weighted by Crippen LogP contribution is 2.35. The molecule has 0 fully saturated rings. The van der Waals surface area contributed by atoms with Crippen LogP contribution in [-0.4, -0.2) is 16.2 Å². The van der Waals surface area contributed by atoms with E-state index in [1.54, 1.807) is 18.3 Å². The highest BCUT2D eigenvalue weighted by molar-refractivity contribution is 6.42. The van der Waals surface area contributed by atoms with Gasteiger partial charge in [0.05, 0.1) is 22.3 Å². The largest absolute Gasteiger partial charge is 0.475 e. The predicted molar refractivity (Wildman–Crippen MR) is 94.6 cm³/mol. The fourth-order valence-corrected chi connectivity index (χ4v) is 2.71. The van der Waals surface area contributed by atoms with Crippen LogP contribution in [0.5, 0.6) is 5.88 Å². The summed E-state index contributed by atoms with van der Waals surface area (Å²) in [5.74, 6) is 0.428. The summed E-state index contributed by atoms with van der Waals surface area (Å²) in [5.41, 5.74) is 2.64. The Morgan fingerprint density at radius 1 is 1.09 bits per heavy atom. The number of aliphatic hydroxyl groups excluding tert-OH is 1. The van der Waals surface area contributed by atoms with E-state index in [4.69, 9.17) is 27.9 Å². The Morgan fingerprint density at radius 2 is 1.78 bits per heavy atom. The van der Waals surface area contributed by atoms with Gasteiger partial charge in [-0.3, -0.25) is 0 Å². The van der Waals surface area contributed by atoms with Crippen LogP contribution in [-0.2, 0) is 0 Å². The van der Waals surface area contributed by atoms with Gasteiger partial charge < -0.3 is 9.84 Å². The number of rotatable bonds is 5. The SMILES string of the molecule is Cc1cc(OC(C)C)ncc1C(O)C(C)c1ccc(Cl)c(Cl)c1. The first-order valence-electron chi connectivity index (χ1n) is 7.55. The Kier molecular flexibility index (Phi) is 5.90. The topological polar surface area (TPSA) is 42.4 Å². The average Bonchev–Trinajstić information content (AvgIpc) is 2.48. The highest BCUT2D eigenvalue weighted by atomic mass is 35.5. The van der Waals surface area contributed by atoms with Crippen LogP contribution in [0.25, 0.3) is 0 Å². The summed E-state index contributed by atoms with van der Waals surface area (Å²) in [6.07, 6.45) is 1.05. The molecule has 0 aliphatic rings. The second kappa shape index (κ2) is 7.52. The molecule has 0 saturated heterocycles. The van der Waals surface area contributed by atoms with Crippen molar-refractivity contribution < 1.29 is 9.84 Å². The van der Waals surface area contributed by atoms with Crippen LogP contribution in [0, 0.1) is 6.92 Å². The maximum Gasteiger partial charge on any atom is 0.213 e. The molecule has 2 unspecified atom stereocenters. The number of aryl methyl sites for hydroxylation is 1. The Labute approximate surface area is 147 Å². The third kappa shape index (κ3) is 4.37. The third-order valence-corrected chi connectivity index (χ3v) is 4.48. The molecule has 1 N–H and O–H groups in total. The molecule has 0 bridgehead atoms. The maximum atomic E-state index is 10.7. The summed E-state index contributed by atoms with van der Waals surface area (Å²) in [4.78, 5) is 4.28. The molecule has 1 heterocycles. The number of aromatic nitrogens is 1. The molecule has 5 heteroatoms. The molecular formula is C18H21Cl2NO2. The lowest BCUT2D eigenvalue weighted by Gasteiger charge is -2.22. The fraction of sp³-hybridized carbons (Fsp3) is 0.389. The Balaban J connectivity index is 2.25. The van der Waals surface area contributed by atoms with Crippen LogP contribution in [0.3, 0.4) is 0 Å². The zero-order valence-electron chi connectivity index (χ0n) is 13.7. The number of aliphatic hydroxyl groups is 1. The number of nitrogens with zero attached hydrogens (tertiary/aromatic N) is 1. The van der Waals surface area contributed by atoms with Crippen LogP contribution in [0.1, 0.15) is 49.5 Å². The van der Waals surface area contributed by atoms with Crippen molar-refractivity contribution in [2.24, 2.45) is 0 Å². The molecular weight excluding hydrogens is 333 g/mol. The number of halogens is 2. The zero-order chi connectivity index (χ0) is 17.1. The number of pyridine rings is 1. The van der Waals surface area contributed by atoms with Gasteiger partial charge in [-0.1, -0.05) is 36.2 Å². The molecule has 2 rings (SSSR count). The van der Waals surface area contributed by atoms with E-state index in [-0.39, 0.29) is 12.0 Å². The van der Waals surface area contributed by atoms with Gasteiger partial charge in [-0.15, -0.1) is 0 Å². The van der Waals surface area contributed by atoms with E-state index in [9.17, 15) is 5.11 Å². The van der Waals surface area contributed by atoms with Crippen LogP contribution in [0.2, 0.25) is 10.0 Å². The van der Waals surface area contributed by atoms with Gasteiger partial charge in [0.2, 0.25) is 5.88 Å². The van der Waals surface area contributed by atoms with Crippen molar-refractivity contribution in [3.63, 3.8) is 0 Å². The summed E-state index contributed by atoms with van der Waals surface area (Å²) in [6, 6.07) is 7.26. The molecule has 1 aromatic heterocycles. The summed E-state index contributed by atoms with van der Waals surface area (Å²) in [7, 11) is 0. The molecule has 0 aliphatic carbocycles. The summed E-state index contributed by atoms with van der Waals surface area (Å²) in [6.45, 7) is 7.79. The van der Waals surface area contributed by atoms with E-state index >= 15 is 0 Å². The predicted octanol–water partition coefficient (Wildman–Crippen LogP) is 5.32. The van der Waals surface area contributed by atoms with Gasteiger partial charge in [0.25, 0.3) is 0 Å². The second-order valence-corrected chi connectivity index (χ2v) is 6.77. The maximum absolute atomic E-state index is 10.7. The first kappa shape index (κ1) is 18.1. The van der Waals surface area contributed by atoms with Gasteiger partial charge in [-0.25, -0.2) is 4.98 Å². The molecule has 23 heavy (non-hydrogen) atoms. The van der Waals surface area contributed by atoms with E-state index in [1.165, 1.54) is 0 Å². The molecule has 0 saturated carbocycles. The van der Waals surface area contributed by atoms with Gasteiger partial charge >= 0.3 is 0 Å². The van der Waals surface area contributed by atoms with Crippen molar-refractivity contribution in [2.45, 2.75) is 45.8 Å². The Hall–Kier alpha value is -1.29. The minimum Gasteiger partial charge on any atom is -0.475 e. The van der Waals surface area contributed by atoms with Crippen LogP contribution < -0.4 is 4.74 Å². The van der Waals surface area contributed by atoms with Crippen LogP contribution >= 0.6 is 23.2 Å². The summed E-state index contributed by atoms with van der Waals surface area (Å²) < 4.78 is 5.58. The van der Waals surface area contributed by atoms with Crippen molar-refractivity contribution in [1.29, 1.82) is 0 Å². The van der Waals surface area contributed by atoms with Gasteiger partial charge in [0.1, 0.15) is 0 Å². The highest BCUT2D eigenvalue weighted by Gasteiger charge is 2.21. The van der Waals surface area contributed by atoms with E-state index in [2.05, 4.69) is 4.98 Å². The Morgan fingerprint density at radius 3 is 2.35 bits per heavy atom. The standard InChI is InChI=1S/C18H21Cl2NO2/c1-10(2)23-17-7-11(3)14(9-21-17)18(22)12(4)13-5-6-15(19)16(20)8-13/h5-10,12,18,22H,1-4H3. The molecule has 124 valence electrons. The van der Waals surface area contributed by atoms with E-state index < -0.39 is 6.10 Å². The number of ether oxygens (including phenoxy) is 1. The summed E-state index contributed by atoms with van der Waals surface area (Å²) in [5, 5.41) is 11.7. The fourth-order valence-electron chi connectivity index (χ4n) is 2.40. The van der Waals surface area contributed by atoms with Gasteiger partial charge in [-0.05, 0) is 44.0 Å². The smallest absolute Gasteiger partial charge is 0.213 e. The van der Waals surface area contributed by atoms with Crippen molar-refractivity contribution in [3.05, 3.63) is 57.2 Å². The monoisotopic (exact) mass is 353 g/mol. The number of hydrogen-bond donors (Lipinski definition) is 1. The van der Waals surface area contributed by atoms with Crippen molar-refractivity contribution >= 4 is 23.2 Å². The molecule has 0 spiro atoms. The zero-order valence-corrected chi connectivity index (χ0v) is 15.2. The molecule has 2 atom stereocenters. The molecule has 0 radical (unpaired) electrons. The van der Waals surface area contributed by atoms with Crippen molar-refractivity contribution in [3.8, 4) is 5.88 Å². The molecule has 1 aromatic carbocycles. The molecule has 0 aliphatic heterocycles.